The molecule has 5 heteroatoms. The van der Waals surface area contributed by atoms with E-state index in [0.717, 1.165) is 35.3 Å². The van der Waals surface area contributed by atoms with Crippen LogP contribution in [0.5, 0.6) is 0 Å². The van der Waals surface area contributed by atoms with Crippen LogP contribution in [0, 0.1) is 5.92 Å². The minimum absolute atomic E-state index is 0.00873. The molecule has 0 saturated heterocycles. The highest BCUT2D eigenvalue weighted by Gasteiger charge is 2.24. The predicted molar refractivity (Wildman–Crippen MR) is 106 cm³/mol. The maximum atomic E-state index is 12.5. The number of nitrogens with zero attached hydrogens (tertiary/aromatic N) is 3. The fourth-order valence-electron chi connectivity index (χ4n) is 3.13. The molecule has 3 aromatic rings. The number of hydrogen-bond acceptors (Lipinski definition) is 3. The maximum Gasteiger partial charge on any atom is 0.267 e. The van der Waals surface area contributed by atoms with E-state index >= 15 is 0 Å². The van der Waals surface area contributed by atoms with Crippen LogP contribution in [0.25, 0.3) is 22.5 Å². The Balaban J connectivity index is 1.60. The second-order valence-electron chi connectivity index (χ2n) is 7.13. The molecule has 0 atom stereocenters. The molecule has 1 amide bonds. The average Bonchev–Trinajstić information content (AvgIpc) is 3.43. The van der Waals surface area contributed by atoms with E-state index in [1.165, 1.54) is 12.8 Å². The molecule has 0 unspecified atom stereocenters. The molecule has 0 spiro atoms. The van der Waals surface area contributed by atoms with E-state index in [9.17, 15) is 4.79 Å². The van der Waals surface area contributed by atoms with Gasteiger partial charge in [-0.2, -0.15) is 0 Å². The third-order valence-corrected chi connectivity index (χ3v) is 4.83. The minimum atomic E-state index is -0.00873. The fourth-order valence-corrected chi connectivity index (χ4v) is 3.13. The molecular weight excluding hydrogens is 336 g/mol. The Morgan fingerprint density at radius 2 is 1.85 bits per heavy atom. The minimum Gasteiger partial charge on any atom is -0.351 e. The summed E-state index contributed by atoms with van der Waals surface area (Å²) in [5.74, 6) is 1.39. The van der Waals surface area contributed by atoms with E-state index in [1.54, 1.807) is 0 Å². The standard InChI is InChI=1S/C22H24N4O/c1-2-10-23-22(27)20-11-18(15-26(20)14-16-8-9-16)19-12-24-21(25-13-19)17-6-4-3-5-7-17/h3-7,11-13,15-16H,2,8-10,14H2,1H3,(H,23,27). The number of carbonyl (C=O) groups excluding carboxylic acids is 1. The van der Waals surface area contributed by atoms with Gasteiger partial charge in [-0.1, -0.05) is 37.3 Å². The lowest BCUT2D eigenvalue weighted by atomic mass is 10.1. The lowest BCUT2D eigenvalue weighted by Crippen LogP contribution is -2.26. The van der Waals surface area contributed by atoms with Crippen LogP contribution in [0.4, 0.5) is 0 Å². The van der Waals surface area contributed by atoms with E-state index in [1.807, 2.05) is 48.8 Å². The lowest BCUT2D eigenvalue weighted by Gasteiger charge is -2.08. The molecule has 0 aliphatic heterocycles. The molecular formula is C22H24N4O. The Labute approximate surface area is 159 Å². The van der Waals surface area contributed by atoms with Gasteiger partial charge in [-0.15, -0.1) is 0 Å². The second-order valence-corrected chi connectivity index (χ2v) is 7.13. The van der Waals surface area contributed by atoms with E-state index in [2.05, 4.69) is 33.0 Å². The third kappa shape index (κ3) is 4.08. The highest BCUT2D eigenvalue weighted by molar-refractivity contribution is 5.94. The van der Waals surface area contributed by atoms with Crippen molar-refractivity contribution in [2.45, 2.75) is 32.7 Å². The van der Waals surface area contributed by atoms with E-state index < -0.39 is 0 Å². The third-order valence-electron chi connectivity index (χ3n) is 4.83. The number of carbonyl (C=O) groups is 1. The molecule has 27 heavy (non-hydrogen) atoms. The van der Waals surface area contributed by atoms with Gasteiger partial charge in [-0.05, 0) is 31.2 Å². The Morgan fingerprint density at radius 1 is 1.11 bits per heavy atom. The van der Waals surface area contributed by atoms with Crippen molar-refractivity contribution in [3.63, 3.8) is 0 Å². The van der Waals surface area contributed by atoms with E-state index in [-0.39, 0.29) is 5.91 Å². The van der Waals surface area contributed by atoms with Gasteiger partial charge in [0.15, 0.2) is 5.82 Å². The van der Waals surface area contributed by atoms with Gasteiger partial charge >= 0.3 is 0 Å². The highest BCUT2D eigenvalue weighted by atomic mass is 16.1. The normalized spacial score (nSPS) is 13.5. The summed E-state index contributed by atoms with van der Waals surface area (Å²) < 4.78 is 2.09. The van der Waals surface area contributed by atoms with Crippen molar-refractivity contribution >= 4 is 5.91 Å². The zero-order valence-corrected chi connectivity index (χ0v) is 15.6. The molecule has 0 bridgehead atoms. The molecule has 0 radical (unpaired) electrons. The van der Waals surface area contributed by atoms with Crippen molar-refractivity contribution in [1.82, 2.24) is 19.9 Å². The van der Waals surface area contributed by atoms with Crippen LogP contribution in [0.3, 0.4) is 0 Å². The van der Waals surface area contributed by atoms with Crippen molar-refractivity contribution in [3.8, 4) is 22.5 Å². The summed E-state index contributed by atoms with van der Waals surface area (Å²) >= 11 is 0. The Morgan fingerprint density at radius 3 is 2.52 bits per heavy atom. The summed E-state index contributed by atoms with van der Waals surface area (Å²) in [6, 6.07) is 11.9. The molecule has 1 fully saturated rings. The second kappa shape index (κ2) is 7.74. The van der Waals surface area contributed by atoms with Crippen LogP contribution in [0.15, 0.2) is 55.0 Å². The first kappa shape index (κ1) is 17.5. The number of rotatable bonds is 7. The first-order valence-electron chi connectivity index (χ1n) is 9.61. The van der Waals surface area contributed by atoms with Crippen LogP contribution in [-0.2, 0) is 6.54 Å². The summed E-state index contributed by atoms with van der Waals surface area (Å²) in [5.41, 5.74) is 3.62. The Hall–Kier alpha value is -2.95. The highest BCUT2D eigenvalue weighted by Crippen LogP contribution is 2.32. The van der Waals surface area contributed by atoms with Gasteiger partial charge in [0.1, 0.15) is 5.69 Å². The van der Waals surface area contributed by atoms with Gasteiger partial charge < -0.3 is 9.88 Å². The van der Waals surface area contributed by atoms with Crippen LogP contribution in [0.1, 0.15) is 36.7 Å². The molecule has 1 aromatic carbocycles. The van der Waals surface area contributed by atoms with Gasteiger partial charge in [0.2, 0.25) is 0 Å². The van der Waals surface area contributed by atoms with E-state index in [4.69, 9.17) is 0 Å². The van der Waals surface area contributed by atoms with Crippen molar-refractivity contribution in [1.29, 1.82) is 0 Å². The average molecular weight is 360 g/mol. The van der Waals surface area contributed by atoms with Crippen LogP contribution in [0.2, 0.25) is 0 Å². The smallest absolute Gasteiger partial charge is 0.267 e. The molecule has 5 nitrogen and oxygen atoms in total. The van der Waals surface area contributed by atoms with E-state index in [0.29, 0.717) is 18.3 Å². The van der Waals surface area contributed by atoms with Gasteiger partial charge in [-0.25, -0.2) is 9.97 Å². The first-order chi connectivity index (χ1) is 13.2. The molecule has 1 saturated carbocycles. The summed E-state index contributed by atoms with van der Waals surface area (Å²) in [5, 5.41) is 2.99. The van der Waals surface area contributed by atoms with Gasteiger partial charge in [0.05, 0.1) is 0 Å². The SMILES string of the molecule is CCCNC(=O)c1cc(-c2cnc(-c3ccccc3)nc2)cn1CC1CC1. The van der Waals surface area contributed by atoms with Gasteiger partial charge in [0.25, 0.3) is 5.91 Å². The topological polar surface area (TPSA) is 59.8 Å². The van der Waals surface area contributed by atoms with Crippen molar-refractivity contribution in [2.75, 3.05) is 6.54 Å². The molecule has 138 valence electrons. The van der Waals surface area contributed by atoms with Gasteiger partial charge in [-0.3, -0.25) is 4.79 Å². The number of nitrogens with one attached hydrogen (secondary N) is 1. The Kier molecular flexibility index (Phi) is 5.01. The van der Waals surface area contributed by atoms with Crippen LogP contribution >= 0.6 is 0 Å². The molecule has 1 aliphatic rings. The maximum absolute atomic E-state index is 12.5. The first-order valence-corrected chi connectivity index (χ1v) is 9.61. The zero-order valence-electron chi connectivity index (χ0n) is 15.6. The zero-order chi connectivity index (χ0) is 18.6. The fraction of sp³-hybridized carbons (Fsp3) is 0.318. The quantitative estimate of drug-likeness (QED) is 0.688. The number of amides is 1. The Bertz CT molecular complexity index is 911. The van der Waals surface area contributed by atoms with Crippen molar-refractivity contribution in [2.24, 2.45) is 5.92 Å². The lowest BCUT2D eigenvalue weighted by molar-refractivity contribution is 0.0944. The summed E-state index contributed by atoms with van der Waals surface area (Å²) in [4.78, 5) is 21.6. The van der Waals surface area contributed by atoms with Crippen molar-refractivity contribution in [3.05, 3.63) is 60.7 Å². The molecule has 2 heterocycles. The van der Waals surface area contributed by atoms with Crippen LogP contribution in [-0.4, -0.2) is 27.0 Å². The number of benzene rings is 1. The summed E-state index contributed by atoms with van der Waals surface area (Å²) in [7, 11) is 0. The van der Waals surface area contributed by atoms with Crippen molar-refractivity contribution < 1.29 is 4.79 Å². The molecule has 4 rings (SSSR count). The largest absolute Gasteiger partial charge is 0.351 e. The number of hydrogen-bond donors (Lipinski definition) is 1. The van der Waals surface area contributed by atoms with Crippen LogP contribution < -0.4 is 5.32 Å². The molecule has 1 N–H and O–H groups in total. The molecule has 1 aliphatic carbocycles. The van der Waals surface area contributed by atoms with Gasteiger partial charge in [0, 0.05) is 48.4 Å². The summed E-state index contributed by atoms with van der Waals surface area (Å²) in [6.45, 7) is 3.65. The molecule has 2 aromatic heterocycles. The summed E-state index contributed by atoms with van der Waals surface area (Å²) in [6.07, 6.45) is 9.15. The predicted octanol–water partition coefficient (Wildman–Crippen LogP) is 4.16. The monoisotopic (exact) mass is 360 g/mol. The number of aromatic nitrogens is 3.